The predicted octanol–water partition coefficient (Wildman–Crippen LogP) is 3.25. The van der Waals surface area contributed by atoms with Crippen LogP contribution < -0.4 is 20.9 Å². The molecule has 168 valence electrons. The molecule has 0 saturated heterocycles. The van der Waals surface area contributed by atoms with Crippen LogP contribution in [0.4, 0.5) is 21.9 Å². The summed E-state index contributed by atoms with van der Waals surface area (Å²) in [6.07, 6.45) is 4.95. The topological polar surface area (TPSA) is 120 Å². The molecule has 33 heavy (non-hydrogen) atoms. The van der Waals surface area contributed by atoms with Gasteiger partial charge >= 0.3 is 6.03 Å². The number of benzene rings is 2. The number of anilines is 3. The molecule has 3 rings (SSSR count). The van der Waals surface area contributed by atoms with Crippen molar-refractivity contribution < 1.29 is 9.53 Å². The van der Waals surface area contributed by atoms with Crippen molar-refractivity contribution in [3.8, 4) is 6.19 Å². The number of hydrogen-bond donors (Lipinski definition) is 2. The van der Waals surface area contributed by atoms with Crippen LogP contribution in [0, 0.1) is 11.5 Å². The standard InChI is InChI=1S/C24H25N7O2/c25-19-29-23(26)30(20-11-13-27-14-12-20)16-18-33-17-15-28-24(32)31(21-7-3-1-4-8-21)22-9-5-2-6-10-22/h1-14H,15-18H2,(H2,26,29)(H,28,32). The molecule has 1 heterocycles. The van der Waals surface area contributed by atoms with Gasteiger partial charge in [0.05, 0.1) is 24.6 Å². The maximum Gasteiger partial charge on any atom is 0.326 e. The Morgan fingerprint density at radius 1 is 0.970 bits per heavy atom. The van der Waals surface area contributed by atoms with Crippen LogP contribution in [0.5, 0.6) is 0 Å². The van der Waals surface area contributed by atoms with E-state index >= 15 is 0 Å². The normalized spacial score (nSPS) is 10.8. The van der Waals surface area contributed by atoms with Crippen molar-refractivity contribution in [1.29, 1.82) is 5.26 Å². The zero-order valence-corrected chi connectivity index (χ0v) is 18.0. The number of ether oxygens (including phenoxy) is 1. The number of para-hydroxylation sites is 2. The molecule has 0 radical (unpaired) electrons. The van der Waals surface area contributed by atoms with Crippen LogP contribution in [-0.4, -0.2) is 43.3 Å². The fourth-order valence-electron chi connectivity index (χ4n) is 3.12. The van der Waals surface area contributed by atoms with Gasteiger partial charge < -0.3 is 20.7 Å². The van der Waals surface area contributed by atoms with Crippen molar-refractivity contribution >= 4 is 29.1 Å². The average Bonchev–Trinajstić information content (AvgIpc) is 2.86. The van der Waals surface area contributed by atoms with Crippen LogP contribution in [0.1, 0.15) is 0 Å². The number of nitrogens with two attached hydrogens (primary N) is 1. The van der Waals surface area contributed by atoms with Gasteiger partial charge in [-0.25, -0.2) is 4.79 Å². The van der Waals surface area contributed by atoms with Gasteiger partial charge in [-0.1, -0.05) is 36.4 Å². The number of urea groups is 1. The molecule has 3 aromatic rings. The summed E-state index contributed by atoms with van der Waals surface area (Å²) in [4.78, 5) is 23.8. The summed E-state index contributed by atoms with van der Waals surface area (Å²) in [6, 6.07) is 22.2. The average molecular weight is 444 g/mol. The van der Waals surface area contributed by atoms with Crippen molar-refractivity contribution in [2.24, 2.45) is 10.7 Å². The lowest BCUT2D eigenvalue weighted by Crippen LogP contribution is -2.40. The van der Waals surface area contributed by atoms with Gasteiger partial charge in [0.2, 0.25) is 12.2 Å². The number of nitriles is 1. The number of nitrogens with one attached hydrogen (secondary N) is 1. The first-order valence-electron chi connectivity index (χ1n) is 10.4. The van der Waals surface area contributed by atoms with Crippen LogP contribution in [0.3, 0.4) is 0 Å². The van der Waals surface area contributed by atoms with E-state index < -0.39 is 0 Å². The number of nitrogens with zero attached hydrogens (tertiary/aromatic N) is 5. The third-order valence-corrected chi connectivity index (χ3v) is 4.63. The number of hydrogen-bond acceptors (Lipinski definition) is 5. The minimum absolute atomic E-state index is 0.0713. The summed E-state index contributed by atoms with van der Waals surface area (Å²) in [5.74, 6) is 0.0713. The van der Waals surface area contributed by atoms with Gasteiger partial charge in [-0.05, 0) is 36.4 Å². The first-order valence-corrected chi connectivity index (χ1v) is 10.4. The van der Waals surface area contributed by atoms with Crippen molar-refractivity contribution in [1.82, 2.24) is 10.3 Å². The summed E-state index contributed by atoms with van der Waals surface area (Å²) < 4.78 is 5.67. The summed E-state index contributed by atoms with van der Waals surface area (Å²) in [5.41, 5.74) is 8.18. The van der Waals surface area contributed by atoms with E-state index in [4.69, 9.17) is 15.7 Å². The molecule has 9 nitrogen and oxygen atoms in total. The Labute approximate surface area is 192 Å². The largest absolute Gasteiger partial charge is 0.378 e. The number of pyridine rings is 1. The van der Waals surface area contributed by atoms with Crippen LogP contribution in [-0.2, 0) is 4.74 Å². The molecule has 2 amide bonds. The fraction of sp³-hybridized carbons (Fsp3) is 0.167. The minimum Gasteiger partial charge on any atom is -0.378 e. The maximum atomic E-state index is 12.9. The Bertz CT molecular complexity index is 1030. The summed E-state index contributed by atoms with van der Waals surface area (Å²) >= 11 is 0. The smallest absolute Gasteiger partial charge is 0.326 e. The Morgan fingerprint density at radius 3 is 2.15 bits per heavy atom. The molecule has 0 spiro atoms. The molecule has 0 atom stereocenters. The van der Waals surface area contributed by atoms with Crippen LogP contribution >= 0.6 is 0 Å². The van der Waals surface area contributed by atoms with Crippen molar-refractivity contribution in [2.45, 2.75) is 0 Å². The molecule has 0 aliphatic rings. The maximum absolute atomic E-state index is 12.9. The zero-order chi connectivity index (χ0) is 23.3. The molecule has 0 aliphatic carbocycles. The molecule has 0 bridgehead atoms. The third kappa shape index (κ3) is 6.78. The highest BCUT2D eigenvalue weighted by Crippen LogP contribution is 2.24. The van der Waals surface area contributed by atoms with Crippen molar-refractivity contribution in [3.05, 3.63) is 85.2 Å². The summed E-state index contributed by atoms with van der Waals surface area (Å²) in [6.45, 7) is 1.34. The second-order valence-electron chi connectivity index (χ2n) is 6.78. The van der Waals surface area contributed by atoms with Gasteiger partial charge in [-0.2, -0.15) is 5.26 Å². The third-order valence-electron chi connectivity index (χ3n) is 4.63. The van der Waals surface area contributed by atoms with Crippen molar-refractivity contribution in [2.75, 3.05) is 36.1 Å². The van der Waals surface area contributed by atoms with Gasteiger partial charge in [0.15, 0.2) is 0 Å². The van der Waals surface area contributed by atoms with Gasteiger partial charge in [0.1, 0.15) is 0 Å². The molecular weight excluding hydrogens is 418 g/mol. The molecular formula is C24H25N7O2. The van der Waals surface area contributed by atoms with Crippen LogP contribution in [0.15, 0.2) is 90.2 Å². The monoisotopic (exact) mass is 443 g/mol. The van der Waals surface area contributed by atoms with Crippen molar-refractivity contribution in [3.63, 3.8) is 0 Å². The number of aliphatic imine (C=N–C) groups is 1. The highest BCUT2D eigenvalue weighted by Gasteiger charge is 2.17. The summed E-state index contributed by atoms with van der Waals surface area (Å²) in [7, 11) is 0. The Balaban J connectivity index is 1.52. The Hall–Kier alpha value is -4.42. The number of carbonyl (C=O) groups is 1. The second-order valence-corrected chi connectivity index (χ2v) is 6.78. The lowest BCUT2D eigenvalue weighted by molar-refractivity contribution is 0.144. The lowest BCUT2D eigenvalue weighted by atomic mass is 10.2. The highest BCUT2D eigenvalue weighted by molar-refractivity contribution is 5.99. The zero-order valence-electron chi connectivity index (χ0n) is 18.0. The quantitative estimate of drug-likeness (QED) is 0.227. The number of guanidine groups is 1. The molecule has 1 aromatic heterocycles. The van der Waals surface area contributed by atoms with Gasteiger partial charge in [0.25, 0.3) is 0 Å². The van der Waals surface area contributed by atoms with E-state index in [-0.39, 0.29) is 12.0 Å². The SMILES string of the molecule is N#CN=C(N)N(CCOCCNC(=O)N(c1ccccc1)c1ccccc1)c1ccncc1. The van der Waals surface area contributed by atoms with E-state index in [0.29, 0.717) is 26.3 Å². The van der Waals surface area contributed by atoms with E-state index in [1.807, 2.05) is 60.7 Å². The van der Waals surface area contributed by atoms with Gasteiger partial charge in [-0.15, -0.1) is 4.99 Å². The molecule has 0 aliphatic heterocycles. The van der Waals surface area contributed by atoms with E-state index in [2.05, 4.69) is 15.3 Å². The van der Waals surface area contributed by atoms with E-state index in [9.17, 15) is 4.79 Å². The molecule has 3 N–H and O–H groups in total. The number of amides is 2. The number of aromatic nitrogens is 1. The molecule has 0 fully saturated rings. The lowest BCUT2D eigenvalue weighted by Gasteiger charge is -2.24. The number of rotatable bonds is 9. The summed E-state index contributed by atoms with van der Waals surface area (Å²) in [5, 5.41) is 11.7. The van der Waals surface area contributed by atoms with E-state index in [0.717, 1.165) is 17.1 Å². The van der Waals surface area contributed by atoms with Gasteiger partial charge in [-0.3, -0.25) is 9.88 Å². The highest BCUT2D eigenvalue weighted by atomic mass is 16.5. The van der Waals surface area contributed by atoms with E-state index in [1.54, 1.807) is 40.5 Å². The fourth-order valence-corrected chi connectivity index (χ4v) is 3.12. The van der Waals surface area contributed by atoms with Gasteiger partial charge in [0, 0.05) is 31.2 Å². The predicted molar refractivity (Wildman–Crippen MR) is 128 cm³/mol. The molecule has 0 unspecified atom stereocenters. The Kier molecular flexibility index (Phi) is 8.76. The number of carbonyl (C=O) groups excluding carboxylic acids is 1. The first kappa shape index (κ1) is 23.2. The molecule has 2 aromatic carbocycles. The first-order chi connectivity index (χ1) is 16.2. The molecule has 0 saturated carbocycles. The van der Waals surface area contributed by atoms with Crippen LogP contribution in [0.25, 0.3) is 0 Å². The molecule has 9 heteroatoms. The Morgan fingerprint density at radius 2 is 1.58 bits per heavy atom. The van der Waals surface area contributed by atoms with Crippen LogP contribution in [0.2, 0.25) is 0 Å². The second kappa shape index (κ2) is 12.4. The van der Waals surface area contributed by atoms with E-state index in [1.165, 1.54) is 0 Å². The minimum atomic E-state index is -0.250.